The molecule has 0 saturated carbocycles. The van der Waals surface area contributed by atoms with Crippen LogP contribution in [0, 0.1) is 11.3 Å². The first kappa shape index (κ1) is 18.2. The van der Waals surface area contributed by atoms with Gasteiger partial charge in [0.25, 0.3) is 0 Å². The van der Waals surface area contributed by atoms with E-state index in [0.29, 0.717) is 12.0 Å². The summed E-state index contributed by atoms with van der Waals surface area (Å²) in [4.78, 5) is 11.0. The maximum atomic E-state index is 9.88. The average Bonchev–Trinajstić information content (AvgIpc) is 3.18. The Morgan fingerprint density at radius 3 is 2.88 bits per heavy atom. The van der Waals surface area contributed by atoms with Crippen molar-refractivity contribution in [2.75, 3.05) is 46.5 Å². The minimum atomic E-state index is -0.0962. The lowest BCUT2D eigenvalue weighted by atomic mass is 9.81. The number of aliphatic hydroxyl groups is 1. The van der Waals surface area contributed by atoms with Crippen LogP contribution in [0.2, 0.25) is 0 Å². The van der Waals surface area contributed by atoms with Gasteiger partial charge in [-0.25, -0.2) is 4.98 Å². The highest BCUT2D eigenvalue weighted by atomic mass is 16.5. The summed E-state index contributed by atoms with van der Waals surface area (Å²) in [6, 6.07) is 0.407. The Kier molecular flexibility index (Phi) is 5.96. The zero-order valence-electron chi connectivity index (χ0n) is 15.4. The van der Waals surface area contributed by atoms with Crippen LogP contribution in [0.15, 0.2) is 23.7 Å². The second-order valence-electron chi connectivity index (χ2n) is 7.46. The van der Waals surface area contributed by atoms with Crippen LogP contribution < -0.4 is 5.32 Å². The summed E-state index contributed by atoms with van der Waals surface area (Å²) in [6.07, 6.45) is 8.70. The number of aromatic nitrogens is 2. The minimum absolute atomic E-state index is 0.0962. The Morgan fingerprint density at radius 1 is 1.44 bits per heavy atom. The maximum absolute atomic E-state index is 9.88. The Hall–Kier alpha value is -1.60. The zero-order valence-corrected chi connectivity index (χ0v) is 15.4. The normalized spacial score (nSPS) is 27.3. The largest absolute Gasteiger partial charge is 0.396 e. The van der Waals surface area contributed by atoms with Crippen LogP contribution in [-0.4, -0.2) is 72.0 Å². The number of imidazole rings is 1. The second kappa shape index (κ2) is 8.19. The van der Waals surface area contributed by atoms with Crippen molar-refractivity contribution in [3.05, 3.63) is 18.7 Å². The molecule has 2 atom stereocenters. The van der Waals surface area contributed by atoms with Crippen molar-refractivity contribution < 1.29 is 9.84 Å². The van der Waals surface area contributed by atoms with E-state index in [4.69, 9.17) is 4.74 Å². The average molecular weight is 349 g/mol. The van der Waals surface area contributed by atoms with Gasteiger partial charge in [-0.3, -0.25) is 4.99 Å². The third kappa shape index (κ3) is 4.15. The highest BCUT2D eigenvalue weighted by Crippen LogP contribution is 2.30. The van der Waals surface area contributed by atoms with Crippen molar-refractivity contribution in [2.45, 2.75) is 32.2 Å². The van der Waals surface area contributed by atoms with Crippen LogP contribution in [0.4, 0.5) is 0 Å². The number of nitrogens with zero attached hydrogens (tertiary/aromatic N) is 4. The van der Waals surface area contributed by atoms with E-state index in [-0.39, 0.29) is 12.0 Å². The van der Waals surface area contributed by atoms with Gasteiger partial charge in [-0.1, -0.05) is 6.92 Å². The van der Waals surface area contributed by atoms with Gasteiger partial charge in [0.05, 0.1) is 19.0 Å². The molecule has 25 heavy (non-hydrogen) atoms. The number of nitrogens with one attached hydrogen (secondary N) is 1. The highest BCUT2D eigenvalue weighted by Gasteiger charge is 2.34. The number of aliphatic imine (C=N–C) groups is 1. The van der Waals surface area contributed by atoms with E-state index in [0.717, 1.165) is 58.1 Å². The number of rotatable bonds is 4. The number of piperidine rings is 1. The van der Waals surface area contributed by atoms with Gasteiger partial charge in [0.1, 0.15) is 0 Å². The lowest BCUT2D eigenvalue weighted by molar-refractivity contribution is -0.0135. The molecule has 2 saturated heterocycles. The lowest BCUT2D eigenvalue weighted by Gasteiger charge is -2.41. The smallest absolute Gasteiger partial charge is 0.193 e. The number of aliphatic hydroxyl groups excluding tert-OH is 1. The van der Waals surface area contributed by atoms with Crippen molar-refractivity contribution in [1.82, 2.24) is 19.8 Å². The molecule has 3 rings (SSSR count). The van der Waals surface area contributed by atoms with Gasteiger partial charge >= 0.3 is 0 Å². The molecule has 7 nitrogen and oxygen atoms in total. The van der Waals surface area contributed by atoms with Gasteiger partial charge in [0, 0.05) is 57.7 Å². The van der Waals surface area contributed by atoms with Crippen LogP contribution in [0.1, 0.15) is 32.2 Å². The molecule has 2 N–H and O–H groups in total. The first-order valence-corrected chi connectivity index (χ1v) is 9.29. The third-order valence-corrected chi connectivity index (χ3v) is 5.85. The quantitative estimate of drug-likeness (QED) is 0.630. The number of hydrogen-bond acceptors (Lipinski definition) is 4. The molecule has 140 valence electrons. The van der Waals surface area contributed by atoms with E-state index in [1.807, 2.05) is 25.8 Å². The third-order valence-electron chi connectivity index (χ3n) is 5.85. The summed E-state index contributed by atoms with van der Waals surface area (Å²) < 4.78 is 7.66. The standard InChI is InChI=1S/C18H31N5O2/c1-15-3-7-22(11-16(15)23-8-6-20-14-23)17(19-2)21-12-18(13-24)4-9-25-10-5-18/h6,8,14-16,24H,3-5,7,9-13H2,1-2H3,(H,19,21). The van der Waals surface area contributed by atoms with Gasteiger partial charge in [0.15, 0.2) is 5.96 Å². The predicted molar refractivity (Wildman–Crippen MR) is 97.6 cm³/mol. The Labute approximate surface area is 150 Å². The topological polar surface area (TPSA) is 74.9 Å². The van der Waals surface area contributed by atoms with Gasteiger partial charge in [0.2, 0.25) is 0 Å². The fourth-order valence-electron chi connectivity index (χ4n) is 3.89. The maximum Gasteiger partial charge on any atom is 0.193 e. The fourth-order valence-corrected chi connectivity index (χ4v) is 3.89. The predicted octanol–water partition coefficient (Wildman–Crippen LogP) is 1.13. The molecule has 0 bridgehead atoms. The molecule has 1 aromatic rings. The molecule has 2 aliphatic heterocycles. The van der Waals surface area contributed by atoms with Gasteiger partial charge < -0.3 is 24.6 Å². The first-order valence-electron chi connectivity index (χ1n) is 9.29. The zero-order chi connectivity index (χ0) is 17.7. The molecule has 7 heteroatoms. The number of likely N-dealkylation sites (tertiary alicyclic amines) is 1. The summed E-state index contributed by atoms with van der Waals surface area (Å²) in [7, 11) is 1.84. The molecule has 0 aromatic carbocycles. The van der Waals surface area contributed by atoms with E-state index in [1.165, 1.54) is 0 Å². The fraction of sp³-hybridized carbons (Fsp3) is 0.778. The Morgan fingerprint density at radius 2 is 2.24 bits per heavy atom. The summed E-state index contributed by atoms with van der Waals surface area (Å²) in [6.45, 7) is 6.61. The molecule has 0 spiro atoms. The molecule has 1 aromatic heterocycles. The molecule has 0 aliphatic carbocycles. The van der Waals surface area contributed by atoms with Crippen LogP contribution in [0.5, 0.6) is 0 Å². The number of guanidine groups is 1. The molecule has 2 aliphatic rings. The van der Waals surface area contributed by atoms with Crippen molar-refractivity contribution in [3.8, 4) is 0 Å². The molecule has 2 fully saturated rings. The van der Waals surface area contributed by atoms with Crippen LogP contribution in [0.25, 0.3) is 0 Å². The van der Waals surface area contributed by atoms with Crippen molar-refractivity contribution >= 4 is 5.96 Å². The number of ether oxygens (including phenoxy) is 1. The number of hydrogen-bond donors (Lipinski definition) is 2. The van der Waals surface area contributed by atoms with E-state index in [1.54, 1.807) is 0 Å². The molecule has 2 unspecified atom stereocenters. The lowest BCUT2D eigenvalue weighted by Crippen LogP contribution is -2.52. The molecular weight excluding hydrogens is 318 g/mol. The Balaban J connectivity index is 1.62. The van der Waals surface area contributed by atoms with E-state index >= 15 is 0 Å². The summed E-state index contributed by atoms with van der Waals surface area (Å²) in [5.74, 6) is 1.54. The van der Waals surface area contributed by atoms with E-state index < -0.39 is 0 Å². The summed E-state index contributed by atoms with van der Waals surface area (Å²) in [5.41, 5.74) is -0.0962. The monoisotopic (exact) mass is 349 g/mol. The van der Waals surface area contributed by atoms with Crippen molar-refractivity contribution in [2.24, 2.45) is 16.3 Å². The van der Waals surface area contributed by atoms with Crippen molar-refractivity contribution in [3.63, 3.8) is 0 Å². The van der Waals surface area contributed by atoms with Gasteiger partial charge in [-0.05, 0) is 25.2 Å². The molecule has 0 radical (unpaired) electrons. The van der Waals surface area contributed by atoms with Crippen molar-refractivity contribution in [1.29, 1.82) is 0 Å². The molecule has 3 heterocycles. The summed E-state index contributed by atoms with van der Waals surface area (Å²) in [5, 5.41) is 13.4. The van der Waals surface area contributed by atoms with E-state index in [2.05, 4.69) is 31.7 Å². The summed E-state index contributed by atoms with van der Waals surface area (Å²) >= 11 is 0. The minimum Gasteiger partial charge on any atom is -0.396 e. The van der Waals surface area contributed by atoms with Crippen LogP contribution in [-0.2, 0) is 4.74 Å². The highest BCUT2D eigenvalue weighted by molar-refractivity contribution is 5.80. The van der Waals surface area contributed by atoms with Gasteiger partial charge in [-0.2, -0.15) is 0 Å². The second-order valence-corrected chi connectivity index (χ2v) is 7.46. The molecular formula is C18H31N5O2. The Bertz CT molecular complexity index is 554. The van der Waals surface area contributed by atoms with E-state index in [9.17, 15) is 5.11 Å². The van der Waals surface area contributed by atoms with Crippen LogP contribution >= 0.6 is 0 Å². The first-order chi connectivity index (χ1) is 12.2. The molecule has 0 amide bonds. The van der Waals surface area contributed by atoms with Crippen LogP contribution in [0.3, 0.4) is 0 Å². The SMILES string of the molecule is CN=C(NCC1(CO)CCOCC1)N1CCC(C)C(n2ccnc2)C1. The van der Waals surface area contributed by atoms with Gasteiger partial charge in [-0.15, -0.1) is 0 Å².